The molecule has 2 aromatic rings. The van der Waals surface area contributed by atoms with Crippen LogP contribution < -0.4 is 10.2 Å². The number of rotatable bonds is 3. The highest BCUT2D eigenvalue weighted by Gasteiger charge is 2.23. The summed E-state index contributed by atoms with van der Waals surface area (Å²) in [6.07, 6.45) is 3.39. The Kier molecular flexibility index (Phi) is 4.74. The zero-order chi connectivity index (χ0) is 17.1. The molecule has 2 heterocycles. The Hall–Kier alpha value is -2.50. The van der Waals surface area contributed by atoms with Gasteiger partial charge in [-0.05, 0) is 56.5 Å². The summed E-state index contributed by atoms with van der Waals surface area (Å²) in [7, 11) is 0. The van der Waals surface area contributed by atoms with Crippen LogP contribution >= 0.6 is 0 Å². The van der Waals surface area contributed by atoms with Gasteiger partial charge in [-0.1, -0.05) is 0 Å². The maximum atomic E-state index is 13.3. The van der Waals surface area contributed by atoms with Crippen molar-refractivity contribution in [2.45, 2.75) is 32.7 Å². The number of amides is 1. The van der Waals surface area contributed by atoms with Crippen molar-refractivity contribution in [3.8, 4) is 0 Å². The van der Waals surface area contributed by atoms with Gasteiger partial charge in [0.05, 0.1) is 17.5 Å². The van der Waals surface area contributed by atoms with Gasteiger partial charge in [0.15, 0.2) is 0 Å². The summed E-state index contributed by atoms with van der Waals surface area (Å²) in [4.78, 5) is 14.6. The van der Waals surface area contributed by atoms with E-state index < -0.39 is 0 Å². The highest BCUT2D eigenvalue weighted by Crippen LogP contribution is 2.24. The van der Waals surface area contributed by atoms with Gasteiger partial charge in [0.25, 0.3) is 5.91 Å². The third kappa shape index (κ3) is 3.69. The van der Waals surface area contributed by atoms with Gasteiger partial charge in [-0.3, -0.25) is 4.79 Å². The molecule has 0 aliphatic carbocycles. The SMILES string of the molecule is Cc1cc(C(=O)NC2CCCN(c3ccc(F)cc3C)C2)cnn1. The molecule has 24 heavy (non-hydrogen) atoms. The Labute approximate surface area is 140 Å². The average molecular weight is 328 g/mol. The third-order valence-corrected chi connectivity index (χ3v) is 4.30. The minimum absolute atomic E-state index is 0.0594. The molecule has 1 unspecified atom stereocenters. The first kappa shape index (κ1) is 16.4. The molecule has 1 fully saturated rings. The smallest absolute Gasteiger partial charge is 0.253 e. The molecule has 1 aliphatic rings. The van der Waals surface area contributed by atoms with E-state index in [-0.39, 0.29) is 17.8 Å². The van der Waals surface area contributed by atoms with Crippen molar-refractivity contribution in [3.63, 3.8) is 0 Å². The van der Waals surface area contributed by atoms with E-state index in [2.05, 4.69) is 20.4 Å². The molecule has 1 aliphatic heterocycles. The number of nitrogens with zero attached hydrogens (tertiary/aromatic N) is 3. The van der Waals surface area contributed by atoms with Crippen molar-refractivity contribution >= 4 is 11.6 Å². The molecule has 0 saturated carbocycles. The Balaban J connectivity index is 1.68. The third-order valence-electron chi connectivity index (χ3n) is 4.30. The van der Waals surface area contributed by atoms with Crippen LogP contribution in [0.25, 0.3) is 0 Å². The van der Waals surface area contributed by atoms with Gasteiger partial charge < -0.3 is 10.2 Å². The van der Waals surface area contributed by atoms with E-state index >= 15 is 0 Å². The molecule has 1 saturated heterocycles. The van der Waals surface area contributed by atoms with Gasteiger partial charge in [0, 0.05) is 24.8 Å². The van der Waals surface area contributed by atoms with Crippen LogP contribution in [0.2, 0.25) is 0 Å². The summed E-state index contributed by atoms with van der Waals surface area (Å²) in [6.45, 7) is 5.35. The number of benzene rings is 1. The maximum Gasteiger partial charge on any atom is 0.253 e. The van der Waals surface area contributed by atoms with E-state index in [1.807, 2.05) is 19.9 Å². The van der Waals surface area contributed by atoms with Gasteiger partial charge in [0.1, 0.15) is 5.82 Å². The monoisotopic (exact) mass is 328 g/mol. The number of hydrogen-bond acceptors (Lipinski definition) is 4. The molecular weight excluding hydrogens is 307 g/mol. The molecule has 1 atom stereocenters. The highest BCUT2D eigenvalue weighted by molar-refractivity contribution is 5.94. The lowest BCUT2D eigenvalue weighted by Crippen LogP contribution is -2.48. The van der Waals surface area contributed by atoms with Crippen molar-refractivity contribution in [1.29, 1.82) is 0 Å². The van der Waals surface area contributed by atoms with E-state index in [0.717, 1.165) is 42.9 Å². The first-order chi connectivity index (χ1) is 11.5. The van der Waals surface area contributed by atoms with Gasteiger partial charge >= 0.3 is 0 Å². The highest BCUT2D eigenvalue weighted by atomic mass is 19.1. The molecule has 0 spiro atoms. The van der Waals surface area contributed by atoms with Crippen LogP contribution in [0, 0.1) is 19.7 Å². The summed E-state index contributed by atoms with van der Waals surface area (Å²) < 4.78 is 13.3. The fourth-order valence-electron chi connectivity index (χ4n) is 3.15. The van der Waals surface area contributed by atoms with Crippen molar-refractivity contribution < 1.29 is 9.18 Å². The molecule has 6 heteroatoms. The van der Waals surface area contributed by atoms with E-state index in [0.29, 0.717) is 5.56 Å². The molecule has 126 valence electrons. The topological polar surface area (TPSA) is 58.1 Å². The Morgan fingerprint density at radius 3 is 2.92 bits per heavy atom. The predicted octanol–water partition coefficient (Wildman–Crippen LogP) is 2.63. The van der Waals surface area contributed by atoms with Crippen molar-refractivity contribution in [2.75, 3.05) is 18.0 Å². The standard InChI is InChI=1S/C18H21FN4O/c1-12-8-15(19)5-6-17(12)23-7-3-4-16(11-23)21-18(24)14-9-13(2)22-20-10-14/h5-6,8-10,16H,3-4,7,11H2,1-2H3,(H,21,24). The number of carbonyl (C=O) groups is 1. The second kappa shape index (κ2) is 6.95. The number of aryl methyl sites for hydroxylation is 2. The van der Waals surface area contributed by atoms with Gasteiger partial charge in [-0.15, -0.1) is 0 Å². The normalized spacial score (nSPS) is 17.6. The number of carbonyl (C=O) groups excluding carboxylic acids is 1. The van der Waals surface area contributed by atoms with E-state index in [4.69, 9.17) is 0 Å². The molecule has 0 radical (unpaired) electrons. The minimum atomic E-state index is -0.223. The molecule has 5 nitrogen and oxygen atoms in total. The van der Waals surface area contributed by atoms with E-state index in [1.54, 1.807) is 12.1 Å². The van der Waals surface area contributed by atoms with E-state index in [9.17, 15) is 9.18 Å². The number of piperidine rings is 1. The molecule has 0 bridgehead atoms. The number of aromatic nitrogens is 2. The molecule has 3 rings (SSSR count). The lowest BCUT2D eigenvalue weighted by molar-refractivity contribution is 0.0932. The lowest BCUT2D eigenvalue weighted by atomic mass is 10.0. The second-order valence-corrected chi connectivity index (χ2v) is 6.28. The minimum Gasteiger partial charge on any atom is -0.369 e. The first-order valence-electron chi connectivity index (χ1n) is 8.14. The Morgan fingerprint density at radius 2 is 2.17 bits per heavy atom. The Bertz CT molecular complexity index is 750. The van der Waals surface area contributed by atoms with Crippen molar-refractivity contribution in [3.05, 3.63) is 53.1 Å². The summed E-state index contributed by atoms with van der Waals surface area (Å²) in [5.41, 5.74) is 3.18. The largest absolute Gasteiger partial charge is 0.369 e. The van der Waals surface area contributed by atoms with Crippen LogP contribution in [0.4, 0.5) is 10.1 Å². The number of hydrogen-bond donors (Lipinski definition) is 1. The average Bonchev–Trinajstić information content (AvgIpc) is 2.55. The quantitative estimate of drug-likeness (QED) is 0.941. The van der Waals surface area contributed by atoms with Gasteiger partial charge in [0.2, 0.25) is 0 Å². The number of halogens is 1. The number of anilines is 1. The van der Waals surface area contributed by atoms with Gasteiger partial charge in [-0.25, -0.2) is 4.39 Å². The maximum absolute atomic E-state index is 13.3. The van der Waals surface area contributed by atoms with Crippen LogP contribution in [0.5, 0.6) is 0 Å². The Morgan fingerprint density at radius 1 is 1.33 bits per heavy atom. The van der Waals surface area contributed by atoms with Crippen LogP contribution in [-0.4, -0.2) is 35.2 Å². The van der Waals surface area contributed by atoms with Crippen molar-refractivity contribution in [1.82, 2.24) is 15.5 Å². The van der Waals surface area contributed by atoms with Gasteiger partial charge in [-0.2, -0.15) is 10.2 Å². The van der Waals surface area contributed by atoms with Crippen LogP contribution in [-0.2, 0) is 0 Å². The van der Waals surface area contributed by atoms with E-state index in [1.165, 1.54) is 12.3 Å². The van der Waals surface area contributed by atoms with Crippen LogP contribution in [0.1, 0.15) is 34.5 Å². The fourth-order valence-corrected chi connectivity index (χ4v) is 3.15. The predicted molar refractivity (Wildman–Crippen MR) is 90.6 cm³/mol. The number of nitrogens with one attached hydrogen (secondary N) is 1. The first-order valence-corrected chi connectivity index (χ1v) is 8.14. The molecule has 1 N–H and O–H groups in total. The second-order valence-electron chi connectivity index (χ2n) is 6.28. The molecule has 1 aromatic carbocycles. The summed E-state index contributed by atoms with van der Waals surface area (Å²) in [5, 5.41) is 10.8. The zero-order valence-electron chi connectivity index (χ0n) is 13.9. The fraction of sp³-hybridized carbons (Fsp3) is 0.389. The zero-order valence-corrected chi connectivity index (χ0v) is 13.9. The van der Waals surface area contributed by atoms with Crippen LogP contribution in [0.3, 0.4) is 0 Å². The summed E-state index contributed by atoms with van der Waals surface area (Å²) in [6, 6.07) is 6.63. The summed E-state index contributed by atoms with van der Waals surface area (Å²) >= 11 is 0. The molecular formula is C18H21FN4O. The van der Waals surface area contributed by atoms with Crippen molar-refractivity contribution in [2.24, 2.45) is 0 Å². The lowest BCUT2D eigenvalue weighted by Gasteiger charge is -2.35. The summed E-state index contributed by atoms with van der Waals surface area (Å²) in [5.74, 6) is -0.352. The molecule has 1 amide bonds. The van der Waals surface area contributed by atoms with Crippen LogP contribution in [0.15, 0.2) is 30.5 Å². The molecule has 1 aromatic heterocycles.